The van der Waals surface area contributed by atoms with Gasteiger partial charge in [0.05, 0.1) is 12.5 Å². The van der Waals surface area contributed by atoms with Crippen LogP contribution in [0.4, 0.5) is 0 Å². The van der Waals surface area contributed by atoms with Gasteiger partial charge in [-0.2, -0.15) is 0 Å². The Hall–Kier alpha value is -1.32. The van der Waals surface area contributed by atoms with Gasteiger partial charge in [-0.05, 0) is 31.3 Å². The van der Waals surface area contributed by atoms with Gasteiger partial charge in [-0.25, -0.2) is 0 Å². The van der Waals surface area contributed by atoms with Crippen molar-refractivity contribution in [2.75, 3.05) is 6.54 Å². The van der Waals surface area contributed by atoms with Gasteiger partial charge in [0.1, 0.15) is 0 Å². The maximum absolute atomic E-state index is 11.8. The minimum absolute atomic E-state index is 0.0291. The van der Waals surface area contributed by atoms with Crippen LogP contribution < -0.4 is 10.6 Å². The standard InChI is InChI=1S/C13H20N2O2/c1-2-7-14-12(16)8-10-9-5-3-4-6-11(9)15-13(10)17/h11H,2-8H2,1H3,(H,14,16)(H,15,17). The second-order valence-electron chi connectivity index (χ2n) is 4.80. The molecule has 0 radical (unpaired) electrons. The van der Waals surface area contributed by atoms with Gasteiger partial charge in [0.2, 0.25) is 11.8 Å². The molecule has 0 aromatic rings. The maximum Gasteiger partial charge on any atom is 0.248 e. The summed E-state index contributed by atoms with van der Waals surface area (Å²) in [6, 6.07) is 0.213. The van der Waals surface area contributed by atoms with Crippen molar-refractivity contribution >= 4 is 11.8 Å². The summed E-state index contributed by atoms with van der Waals surface area (Å²) < 4.78 is 0. The van der Waals surface area contributed by atoms with Gasteiger partial charge in [0.15, 0.2) is 0 Å². The zero-order chi connectivity index (χ0) is 12.3. The molecule has 2 rings (SSSR count). The first kappa shape index (κ1) is 12.1. The van der Waals surface area contributed by atoms with Crippen LogP contribution in [0, 0.1) is 0 Å². The Morgan fingerprint density at radius 1 is 1.47 bits per heavy atom. The molecule has 94 valence electrons. The second kappa shape index (κ2) is 5.34. The summed E-state index contributed by atoms with van der Waals surface area (Å²) in [4.78, 5) is 23.5. The van der Waals surface area contributed by atoms with Crippen molar-refractivity contribution in [2.45, 2.75) is 51.5 Å². The molecule has 2 aliphatic rings. The molecule has 1 saturated carbocycles. The first-order valence-electron chi connectivity index (χ1n) is 6.52. The highest BCUT2D eigenvalue weighted by atomic mass is 16.2. The summed E-state index contributed by atoms with van der Waals surface area (Å²) in [6.07, 6.45) is 5.48. The molecule has 0 spiro atoms. The summed E-state index contributed by atoms with van der Waals surface area (Å²) in [5.74, 6) is -0.0609. The molecular formula is C13H20N2O2. The molecule has 1 fully saturated rings. The Bertz CT molecular complexity index is 360. The number of rotatable bonds is 4. The van der Waals surface area contributed by atoms with E-state index in [1.807, 2.05) is 6.92 Å². The molecular weight excluding hydrogens is 216 g/mol. The fourth-order valence-electron chi connectivity index (χ4n) is 2.61. The van der Waals surface area contributed by atoms with Crippen LogP contribution >= 0.6 is 0 Å². The highest BCUT2D eigenvalue weighted by Gasteiger charge is 2.33. The highest BCUT2D eigenvalue weighted by Crippen LogP contribution is 2.32. The fraction of sp³-hybridized carbons (Fsp3) is 0.692. The Balaban J connectivity index is 2.02. The van der Waals surface area contributed by atoms with Crippen LogP contribution in [-0.2, 0) is 9.59 Å². The predicted molar refractivity (Wildman–Crippen MR) is 65.3 cm³/mol. The zero-order valence-corrected chi connectivity index (χ0v) is 10.3. The molecule has 1 aliphatic heterocycles. The molecule has 17 heavy (non-hydrogen) atoms. The van der Waals surface area contributed by atoms with Crippen LogP contribution in [0.1, 0.15) is 45.4 Å². The molecule has 4 nitrogen and oxygen atoms in total. The Labute approximate surface area is 102 Å². The number of fused-ring (bicyclic) bond motifs is 1. The van der Waals surface area contributed by atoms with E-state index < -0.39 is 0 Å². The van der Waals surface area contributed by atoms with E-state index in [0.29, 0.717) is 6.54 Å². The number of nitrogens with one attached hydrogen (secondary N) is 2. The van der Waals surface area contributed by atoms with E-state index in [1.165, 1.54) is 12.0 Å². The highest BCUT2D eigenvalue weighted by molar-refractivity contribution is 6.02. The molecule has 0 bridgehead atoms. The molecule has 0 saturated heterocycles. The van der Waals surface area contributed by atoms with Crippen LogP contribution in [0.5, 0.6) is 0 Å². The lowest BCUT2D eigenvalue weighted by molar-refractivity contribution is -0.123. The van der Waals surface area contributed by atoms with Gasteiger partial charge < -0.3 is 10.6 Å². The first-order valence-corrected chi connectivity index (χ1v) is 6.52. The maximum atomic E-state index is 11.8. The quantitative estimate of drug-likeness (QED) is 0.772. The summed E-state index contributed by atoms with van der Waals surface area (Å²) in [6.45, 7) is 2.70. The van der Waals surface area contributed by atoms with Crippen molar-refractivity contribution in [3.05, 3.63) is 11.1 Å². The molecule has 0 aromatic heterocycles. The van der Waals surface area contributed by atoms with Crippen LogP contribution in [-0.4, -0.2) is 24.4 Å². The molecule has 0 aromatic carbocycles. The molecule has 1 atom stereocenters. The van der Waals surface area contributed by atoms with Crippen molar-refractivity contribution in [3.63, 3.8) is 0 Å². The van der Waals surface area contributed by atoms with Crippen molar-refractivity contribution in [1.29, 1.82) is 0 Å². The normalized spacial score (nSPS) is 23.4. The van der Waals surface area contributed by atoms with E-state index in [1.54, 1.807) is 0 Å². The third-order valence-electron chi connectivity index (χ3n) is 3.49. The average molecular weight is 236 g/mol. The van der Waals surface area contributed by atoms with Crippen LogP contribution in [0.3, 0.4) is 0 Å². The molecule has 1 aliphatic carbocycles. The van der Waals surface area contributed by atoms with E-state index in [-0.39, 0.29) is 24.3 Å². The predicted octanol–water partition coefficient (Wildman–Crippen LogP) is 1.27. The Morgan fingerprint density at radius 3 is 3.06 bits per heavy atom. The summed E-state index contributed by atoms with van der Waals surface area (Å²) in [5, 5.41) is 5.80. The lowest BCUT2D eigenvalue weighted by atomic mass is 9.88. The molecule has 2 amide bonds. The monoisotopic (exact) mass is 236 g/mol. The molecule has 4 heteroatoms. The Kier molecular flexibility index (Phi) is 3.82. The minimum atomic E-state index is -0.0317. The number of amides is 2. The SMILES string of the molecule is CCCNC(=O)CC1=C2CCCCC2NC1=O. The van der Waals surface area contributed by atoms with Gasteiger partial charge in [0.25, 0.3) is 0 Å². The number of hydrogen-bond donors (Lipinski definition) is 2. The third kappa shape index (κ3) is 2.68. The minimum Gasteiger partial charge on any atom is -0.356 e. The van der Waals surface area contributed by atoms with Gasteiger partial charge in [-0.15, -0.1) is 0 Å². The van der Waals surface area contributed by atoms with E-state index >= 15 is 0 Å². The topological polar surface area (TPSA) is 58.2 Å². The molecule has 2 N–H and O–H groups in total. The largest absolute Gasteiger partial charge is 0.356 e. The van der Waals surface area contributed by atoms with Crippen LogP contribution in [0.2, 0.25) is 0 Å². The van der Waals surface area contributed by atoms with Gasteiger partial charge in [-0.1, -0.05) is 13.3 Å². The van der Waals surface area contributed by atoms with Crippen molar-refractivity contribution < 1.29 is 9.59 Å². The van der Waals surface area contributed by atoms with Gasteiger partial charge in [-0.3, -0.25) is 9.59 Å². The second-order valence-corrected chi connectivity index (χ2v) is 4.80. The van der Waals surface area contributed by atoms with Crippen LogP contribution in [0.15, 0.2) is 11.1 Å². The molecule has 1 heterocycles. The molecule has 1 unspecified atom stereocenters. The Morgan fingerprint density at radius 2 is 2.29 bits per heavy atom. The number of carbonyl (C=O) groups excluding carboxylic acids is 2. The summed E-state index contributed by atoms with van der Waals surface area (Å²) in [7, 11) is 0. The fourth-order valence-corrected chi connectivity index (χ4v) is 2.61. The van der Waals surface area contributed by atoms with Crippen molar-refractivity contribution in [1.82, 2.24) is 10.6 Å². The number of carbonyl (C=O) groups is 2. The average Bonchev–Trinajstić information content (AvgIpc) is 2.64. The first-order chi connectivity index (χ1) is 8.22. The van der Waals surface area contributed by atoms with E-state index in [2.05, 4.69) is 10.6 Å². The lowest BCUT2D eigenvalue weighted by Crippen LogP contribution is -2.30. The number of hydrogen-bond acceptors (Lipinski definition) is 2. The van der Waals surface area contributed by atoms with Crippen molar-refractivity contribution in [2.24, 2.45) is 0 Å². The lowest BCUT2D eigenvalue weighted by Gasteiger charge is -2.20. The van der Waals surface area contributed by atoms with Gasteiger partial charge >= 0.3 is 0 Å². The van der Waals surface area contributed by atoms with Crippen LogP contribution in [0.25, 0.3) is 0 Å². The smallest absolute Gasteiger partial charge is 0.248 e. The van der Waals surface area contributed by atoms with E-state index in [4.69, 9.17) is 0 Å². The van der Waals surface area contributed by atoms with Crippen molar-refractivity contribution in [3.8, 4) is 0 Å². The zero-order valence-electron chi connectivity index (χ0n) is 10.3. The van der Waals surface area contributed by atoms with E-state index in [0.717, 1.165) is 31.3 Å². The summed E-state index contributed by atoms with van der Waals surface area (Å²) >= 11 is 0. The van der Waals surface area contributed by atoms with E-state index in [9.17, 15) is 9.59 Å². The van der Waals surface area contributed by atoms with Gasteiger partial charge in [0, 0.05) is 12.1 Å². The third-order valence-corrected chi connectivity index (χ3v) is 3.49. The summed E-state index contributed by atoms with van der Waals surface area (Å²) in [5.41, 5.74) is 1.91.